The summed E-state index contributed by atoms with van der Waals surface area (Å²) in [6.07, 6.45) is -0.0258. The highest BCUT2D eigenvalue weighted by Crippen LogP contribution is 1.99. The van der Waals surface area contributed by atoms with E-state index in [1.807, 2.05) is 6.92 Å². The van der Waals surface area contributed by atoms with Gasteiger partial charge in [-0.05, 0) is 13.3 Å². The summed E-state index contributed by atoms with van der Waals surface area (Å²) in [5, 5.41) is 8.75. The highest BCUT2D eigenvalue weighted by Gasteiger charge is 2.06. The third kappa shape index (κ3) is 4.56. The highest BCUT2D eigenvalue weighted by atomic mass is 16.5. The Hall–Kier alpha value is -0.830. The van der Waals surface area contributed by atoms with Gasteiger partial charge in [-0.15, -0.1) is 0 Å². The molecule has 0 amide bonds. The number of rotatable bonds is 4. The lowest BCUT2D eigenvalue weighted by Gasteiger charge is -2.06. The van der Waals surface area contributed by atoms with Crippen LogP contribution < -0.4 is 0 Å². The third-order valence-electron chi connectivity index (χ3n) is 1.17. The summed E-state index contributed by atoms with van der Waals surface area (Å²) in [4.78, 5) is 10.8. The summed E-state index contributed by atoms with van der Waals surface area (Å²) in [6, 6.07) is 0. The van der Waals surface area contributed by atoms with Crippen LogP contribution in [0.15, 0.2) is 12.2 Å². The lowest BCUT2D eigenvalue weighted by molar-refractivity contribution is -0.141. The number of hydrogen-bond acceptors (Lipinski definition) is 3. The van der Waals surface area contributed by atoms with Crippen LogP contribution in [0.4, 0.5) is 0 Å². The minimum Gasteiger partial charge on any atom is -0.460 e. The fraction of sp³-hybridized carbons (Fsp3) is 0.625. The second kappa shape index (κ2) is 4.91. The SMILES string of the molecule is C=C(CC)C(=O)OCC(C)O. The lowest BCUT2D eigenvalue weighted by atomic mass is 10.2. The Balaban J connectivity index is 3.61. The van der Waals surface area contributed by atoms with Crippen molar-refractivity contribution in [2.24, 2.45) is 0 Å². The van der Waals surface area contributed by atoms with Gasteiger partial charge in [-0.3, -0.25) is 0 Å². The Morgan fingerprint density at radius 1 is 1.73 bits per heavy atom. The van der Waals surface area contributed by atoms with Crippen molar-refractivity contribution >= 4 is 5.97 Å². The number of ether oxygens (including phenoxy) is 1. The second-order valence-corrected chi connectivity index (χ2v) is 2.40. The van der Waals surface area contributed by atoms with E-state index < -0.39 is 12.1 Å². The second-order valence-electron chi connectivity index (χ2n) is 2.40. The maximum Gasteiger partial charge on any atom is 0.333 e. The first kappa shape index (κ1) is 10.2. The summed E-state index contributed by atoms with van der Waals surface area (Å²) in [6.45, 7) is 6.92. The molecule has 1 atom stereocenters. The maximum atomic E-state index is 10.8. The number of aliphatic hydroxyl groups excluding tert-OH is 1. The van der Waals surface area contributed by atoms with Crippen molar-refractivity contribution in [3.8, 4) is 0 Å². The molecule has 0 bridgehead atoms. The van der Waals surface area contributed by atoms with Crippen molar-refractivity contribution in [2.45, 2.75) is 26.4 Å². The zero-order valence-corrected chi connectivity index (χ0v) is 6.96. The Bertz CT molecular complexity index is 149. The van der Waals surface area contributed by atoms with E-state index in [1.54, 1.807) is 6.92 Å². The molecule has 0 aliphatic heterocycles. The van der Waals surface area contributed by atoms with Crippen molar-refractivity contribution in [3.63, 3.8) is 0 Å². The maximum absolute atomic E-state index is 10.8. The minimum absolute atomic E-state index is 0.0395. The number of aliphatic hydroxyl groups is 1. The van der Waals surface area contributed by atoms with E-state index in [0.29, 0.717) is 12.0 Å². The quantitative estimate of drug-likeness (QED) is 0.488. The van der Waals surface area contributed by atoms with E-state index in [9.17, 15) is 4.79 Å². The van der Waals surface area contributed by atoms with Gasteiger partial charge in [0.05, 0.1) is 6.10 Å². The van der Waals surface area contributed by atoms with Crippen LogP contribution in [0.5, 0.6) is 0 Å². The van der Waals surface area contributed by atoms with Crippen LogP contribution in [0.3, 0.4) is 0 Å². The molecule has 3 nitrogen and oxygen atoms in total. The number of hydrogen-bond donors (Lipinski definition) is 1. The van der Waals surface area contributed by atoms with Crippen LogP contribution in [-0.2, 0) is 9.53 Å². The molecule has 0 heterocycles. The molecule has 1 N–H and O–H groups in total. The molecule has 11 heavy (non-hydrogen) atoms. The monoisotopic (exact) mass is 158 g/mol. The number of esters is 1. The Morgan fingerprint density at radius 3 is 2.64 bits per heavy atom. The van der Waals surface area contributed by atoms with E-state index in [-0.39, 0.29) is 6.61 Å². The lowest BCUT2D eigenvalue weighted by Crippen LogP contribution is -2.15. The zero-order chi connectivity index (χ0) is 8.85. The summed E-state index contributed by atoms with van der Waals surface area (Å²) in [5.74, 6) is -0.423. The average Bonchev–Trinajstić information content (AvgIpc) is 1.98. The van der Waals surface area contributed by atoms with Gasteiger partial charge in [0.15, 0.2) is 0 Å². The van der Waals surface area contributed by atoms with E-state index in [2.05, 4.69) is 11.3 Å². The molecular formula is C8H14O3. The molecule has 1 unspecified atom stereocenters. The third-order valence-corrected chi connectivity index (χ3v) is 1.17. The van der Waals surface area contributed by atoms with Gasteiger partial charge in [0.1, 0.15) is 6.61 Å². The highest BCUT2D eigenvalue weighted by molar-refractivity contribution is 5.87. The van der Waals surface area contributed by atoms with Crippen molar-refractivity contribution in [1.29, 1.82) is 0 Å². The Labute approximate surface area is 66.7 Å². The van der Waals surface area contributed by atoms with Gasteiger partial charge in [-0.2, -0.15) is 0 Å². The molecular weight excluding hydrogens is 144 g/mol. The molecule has 0 spiro atoms. The van der Waals surface area contributed by atoms with Gasteiger partial charge in [0.2, 0.25) is 0 Å². The van der Waals surface area contributed by atoms with Crippen LogP contribution >= 0.6 is 0 Å². The molecule has 0 saturated carbocycles. The van der Waals surface area contributed by atoms with Crippen molar-refractivity contribution in [3.05, 3.63) is 12.2 Å². The van der Waals surface area contributed by atoms with Gasteiger partial charge in [0.25, 0.3) is 0 Å². The average molecular weight is 158 g/mol. The molecule has 0 aromatic heterocycles. The predicted molar refractivity (Wildman–Crippen MR) is 42.1 cm³/mol. The van der Waals surface area contributed by atoms with Crippen LogP contribution in [0, 0.1) is 0 Å². The van der Waals surface area contributed by atoms with Crippen molar-refractivity contribution < 1.29 is 14.6 Å². The standard InChI is InChI=1S/C8H14O3/c1-4-6(2)8(10)11-5-7(3)9/h7,9H,2,4-5H2,1,3H3. The van der Waals surface area contributed by atoms with Gasteiger partial charge in [0, 0.05) is 5.57 Å². The van der Waals surface area contributed by atoms with E-state index >= 15 is 0 Å². The van der Waals surface area contributed by atoms with Crippen molar-refractivity contribution in [1.82, 2.24) is 0 Å². The summed E-state index contributed by atoms with van der Waals surface area (Å²) < 4.78 is 4.67. The van der Waals surface area contributed by atoms with E-state index in [1.165, 1.54) is 0 Å². The Morgan fingerprint density at radius 2 is 2.27 bits per heavy atom. The number of carbonyl (C=O) groups excluding carboxylic acids is 1. The van der Waals surface area contributed by atoms with Crippen LogP contribution in [0.1, 0.15) is 20.3 Å². The minimum atomic E-state index is -0.608. The van der Waals surface area contributed by atoms with Crippen LogP contribution in [0.25, 0.3) is 0 Å². The summed E-state index contributed by atoms with van der Waals surface area (Å²) in [7, 11) is 0. The van der Waals surface area contributed by atoms with Gasteiger partial charge >= 0.3 is 5.97 Å². The first-order valence-electron chi connectivity index (χ1n) is 3.60. The molecule has 0 aromatic rings. The van der Waals surface area contributed by atoms with E-state index in [4.69, 9.17) is 5.11 Å². The fourth-order valence-electron chi connectivity index (χ4n) is 0.443. The first-order chi connectivity index (χ1) is 5.07. The summed E-state index contributed by atoms with van der Waals surface area (Å²) in [5.41, 5.74) is 0.436. The molecule has 0 saturated heterocycles. The first-order valence-corrected chi connectivity index (χ1v) is 3.60. The largest absolute Gasteiger partial charge is 0.460 e. The van der Waals surface area contributed by atoms with Crippen LogP contribution in [0.2, 0.25) is 0 Å². The molecule has 0 rings (SSSR count). The normalized spacial score (nSPS) is 12.3. The molecule has 3 heteroatoms. The molecule has 0 radical (unpaired) electrons. The molecule has 0 aliphatic rings. The summed E-state index contributed by atoms with van der Waals surface area (Å²) >= 11 is 0. The predicted octanol–water partition coefficient (Wildman–Crippen LogP) is 0.877. The van der Waals surface area contributed by atoms with Gasteiger partial charge in [-0.1, -0.05) is 13.5 Å². The van der Waals surface area contributed by atoms with E-state index in [0.717, 1.165) is 0 Å². The molecule has 0 aromatic carbocycles. The fourth-order valence-corrected chi connectivity index (χ4v) is 0.443. The van der Waals surface area contributed by atoms with Gasteiger partial charge < -0.3 is 9.84 Å². The number of carbonyl (C=O) groups is 1. The van der Waals surface area contributed by atoms with Crippen LogP contribution in [-0.4, -0.2) is 23.8 Å². The Kier molecular flexibility index (Phi) is 4.54. The zero-order valence-electron chi connectivity index (χ0n) is 6.96. The molecule has 64 valence electrons. The van der Waals surface area contributed by atoms with Gasteiger partial charge in [-0.25, -0.2) is 4.79 Å². The molecule has 0 fully saturated rings. The topological polar surface area (TPSA) is 46.5 Å². The molecule has 0 aliphatic carbocycles. The van der Waals surface area contributed by atoms with Crippen molar-refractivity contribution in [2.75, 3.05) is 6.61 Å². The smallest absolute Gasteiger partial charge is 0.333 e.